The second-order valence-electron chi connectivity index (χ2n) is 8.61. The van der Waals surface area contributed by atoms with Crippen LogP contribution in [0.25, 0.3) is 11.1 Å². The predicted octanol–water partition coefficient (Wildman–Crippen LogP) is 7.11. The fourth-order valence-electron chi connectivity index (χ4n) is 4.64. The molecule has 166 valence electrons. The molecule has 1 saturated heterocycles. The lowest BCUT2D eigenvalue weighted by molar-refractivity contribution is 0.183. The molecule has 0 atom stereocenters. The maximum absolute atomic E-state index is 6.08. The van der Waals surface area contributed by atoms with Crippen molar-refractivity contribution in [2.45, 2.75) is 39.0 Å². The van der Waals surface area contributed by atoms with Gasteiger partial charge in [-0.1, -0.05) is 86.1 Å². The highest BCUT2D eigenvalue weighted by Crippen LogP contribution is 2.32. The second kappa shape index (κ2) is 11.7. The van der Waals surface area contributed by atoms with E-state index in [2.05, 4.69) is 96.8 Å². The Morgan fingerprint density at radius 2 is 1.34 bits per heavy atom. The minimum Gasteiger partial charge on any atom is -0.492 e. The van der Waals surface area contributed by atoms with Gasteiger partial charge in [-0.25, -0.2) is 0 Å². The van der Waals surface area contributed by atoms with E-state index in [1.165, 1.54) is 60.2 Å². The fraction of sp³-hybridized carbons (Fsp3) is 0.333. The quantitative estimate of drug-likeness (QED) is 0.339. The second-order valence-corrected chi connectivity index (χ2v) is 8.61. The lowest BCUT2D eigenvalue weighted by Crippen LogP contribution is -2.33. The van der Waals surface area contributed by atoms with Crippen LogP contribution in [0.2, 0.25) is 0 Å². The minimum atomic E-state index is 0.760. The first-order valence-electron chi connectivity index (χ1n) is 12.1. The molecule has 2 nitrogen and oxygen atoms in total. The third-order valence-electron chi connectivity index (χ3n) is 6.39. The molecule has 0 N–H and O–H groups in total. The Balaban J connectivity index is 1.53. The standard InChI is InChI=1S/C30H35NO/c1-2-29(26-14-8-4-9-15-26)30(24-25-12-6-3-7-13-25)27-16-18-28(19-17-27)32-23-22-31-20-10-5-11-21-31/h3-4,6-9,12-19H,2,5,10-11,20-24H2,1H3/b30-29-. The molecule has 0 bridgehead atoms. The van der Waals surface area contributed by atoms with Crippen molar-refractivity contribution in [3.63, 3.8) is 0 Å². The highest BCUT2D eigenvalue weighted by atomic mass is 16.5. The molecule has 1 aliphatic heterocycles. The van der Waals surface area contributed by atoms with E-state index in [0.29, 0.717) is 0 Å². The van der Waals surface area contributed by atoms with Crippen LogP contribution in [0.5, 0.6) is 5.75 Å². The van der Waals surface area contributed by atoms with Crippen molar-refractivity contribution in [1.29, 1.82) is 0 Å². The topological polar surface area (TPSA) is 12.5 Å². The van der Waals surface area contributed by atoms with Gasteiger partial charge in [-0.2, -0.15) is 0 Å². The van der Waals surface area contributed by atoms with Gasteiger partial charge in [0.2, 0.25) is 0 Å². The molecule has 1 heterocycles. The summed E-state index contributed by atoms with van der Waals surface area (Å²) in [6.45, 7) is 6.47. The van der Waals surface area contributed by atoms with Crippen molar-refractivity contribution in [2.24, 2.45) is 0 Å². The van der Waals surface area contributed by atoms with Crippen LogP contribution in [0.4, 0.5) is 0 Å². The Bertz CT molecular complexity index is 970. The van der Waals surface area contributed by atoms with Crippen molar-refractivity contribution in [2.75, 3.05) is 26.2 Å². The molecule has 1 aliphatic rings. The number of allylic oxidation sites excluding steroid dienone is 2. The first kappa shape index (κ1) is 22.4. The molecule has 0 amide bonds. The van der Waals surface area contributed by atoms with E-state index < -0.39 is 0 Å². The summed E-state index contributed by atoms with van der Waals surface area (Å²) in [5.41, 5.74) is 6.73. The van der Waals surface area contributed by atoms with E-state index in [-0.39, 0.29) is 0 Å². The van der Waals surface area contributed by atoms with Gasteiger partial charge >= 0.3 is 0 Å². The third kappa shape index (κ3) is 6.11. The van der Waals surface area contributed by atoms with Crippen molar-refractivity contribution >= 4 is 11.1 Å². The van der Waals surface area contributed by atoms with E-state index in [0.717, 1.165) is 31.7 Å². The Hall–Kier alpha value is -2.84. The zero-order chi connectivity index (χ0) is 22.0. The van der Waals surface area contributed by atoms with Crippen LogP contribution in [0, 0.1) is 0 Å². The molecule has 0 radical (unpaired) electrons. The normalized spacial score (nSPS) is 15.3. The number of hydrogen-bond donors (Lipinski definition) is 0. The number of ether oxygens (including phenoxy) is 1. The van der Waals surface area contributed by atoms with Crippen LogP contribution >= 0.6 is 0 Å². The zero-order valence-corrected chi connectivity index (χ0v) is 19.3. The molecule has 32 heavy (non-hydrogen) atoms. The molecule has 0 aromatic heterocycles. The van der Waals surface area contributed by atoms with Crippen LogP contribution in [-0.2, 0) is 6.42 Å². The third-order valence-corrected chi connectivity index (χ3v) is 6.39. The van der Waals surface area contributed by atoms with E-state index >= 15 is 0 Å². The first-order chi connectivity index (χ1) is 15.8. The summed E-state index contributed by atoms with van der Waals surface area (Å²) in [7, 11) is 0. The Morgan fingerprint density at radius 1 is 0.719 bits per heavy atom. The summed E-state index contributed by atoms with van der Waals surface area (Å²) in [4.78, 5) is 2.52. The summed E-state index contributed by atoms with van der Waals surface area (Å²) in [5.74, 6) is 0.961. The average molecular weight is 426 g/mol. The van der Waals surface area contributed by atoms with E-state index in [1.807, 2.05) is 0 Å². The monoisotopic (exact) mass is 425 g/mol. The SMILES string of the molecule is CC/C(=C(\Cc1ccccc1)c1ccc(OCCN2CCCCC2)cc1)c1ccccc1. The first-order valence-corrected chi connectivity index (χ1v) is 12.1. The minimum absolute atomic E-state index is 0.760. The summed E-state index contributed by atoms with van der Waals surface area (Å²) >= 11 is 0. The molecule has 0 unspecified atom stereocenters. The highest BCUT2D eigenvalue weighted by Gasteiger charge is 2.13. The van der Waals surface area contributed by atoms with Gasteiger partial charge in [0.1, 0.15) is 12.4 Å². The maximum atomic E-state index is 6.08. The van der Waals surface area contributed by atoms with Gasteiger partial charge in [-0.05, 0) is 78.7 Å². The van der Waals surface area contributed by atoms with Crippen LogP contribution in [0.1, 0.15) is 49.3 Å². The lowest BCUT2D eigenvalue weighted by Gasteiger charge is -2.26. The zero-order valence-electron chi connectivity index (χ0n) is 19.3. The van der Waals surface area contributed by atoms with Gasteiger partial charge in [0, 0.05) is 6.54 Å². The molecule has 1 fully saturated rings. The number of benzene rings is 3. The molecule has 3 aromatic carbocycles. The lowest BCUT2D eigenvalue weighted by atomic mass is 9.89. The van der Waals surface area contributed by atoms with Crippen LogP contribution in [0.15, 0.2) is 84.9 Å². The molecular formula is C30H35NO. The molecule has 2 heteroatoms. The van der Waals surface area contributed by atoms with Gasteiger partial charge in [-0.15, -0.1) is 0 Å². The molecule has 4 rings (SSSR count). The Morgan fingerprint density at radius 3 is 2.00 bits per heavy atom. The summed E-state index contributed by atoms with van der Waals surface area (Å²) in [5, 5.41) is 0. The number of likely N-dealkylation sites (tertiary alicyclic amines) is 1. The summed E-state index contributed by atoms with van der Waals surface area (Å²) in [6.07, 6.45) is 5.95. The van der Waals surface area contributed by atoms with Gasteiger partial charge in [0.15, 0.2) is 0 Å². The molecule has 0 spiro atoms. The van der Waals surface area contributed by atoms with E-state index in [9.17, 15) is 0 Å². The van der Waals surface area contributed by atoms with Gasteiger partial charge in [0.25, 0.3) is 0 Å². The van der Waals surface area contributed by atoms with Crippen LogP contribution < -0.4 is 4.74 Å². The largest absolute Gasteiger partial charge is 0.492 e. The number of rotatable bonds is 9. The number of hydrogen-bond acceptors (Lipinski definition) is 2. The van der Waals surface area contributed by atoms with Crippen molar-refractivity contribution in [1.82, 2.24) is 4.90 Å². The highest BCUT2D eigenvalue weighted by molar-refractivity contribution is 5.91. The van der Waals surface area contributed by atoms with E-state index in [1.54, 1.807) is 0 Å². The fourth-order valence-corrected chi connectivity index (χ4v) is 4.64. The summed E-state index contributed by atoms with van der Waals surface area (Å²) in [6, 6.07) is 30.3. The number of piperidine rings is 1. The van der Waals surface area contributed by atoms with Crippen molar-refractivity contribution in [3.8, 4) is 5.75 Å². The summed E-state index contributed by atoms with van der Waals surface area (Å²) < 4.78 is 6.08. The predicted molar refractivity (Wildman–Crippen MR) is 136 cm³/mol. The maximum Gasteiger partial charge on any atom is 0.119 e. The average Bonchev–Trinajstić information content (AvgIpc) is 2.86. The van der Waals surface area contributed by atoms with Crippen LogP contribution in [-0.4, -0.2) is 31.1 Å². The van der Waals surface area contributed by atoms with Gasteiger partial charge in [0.05, 0.1) is 0 Å². The molecule has 0 saturated carbocycles. The van der Waals surface area contributed by atoms with E-state index in [4.69, 9.17) is 4.74 Å². The van der Waals surface area contributed by atoms with Crippen molar-refractivity contribution < 1.29 is 4.74 Å². The Kier molecular flexibility index (Phi) is 8.17. The molecule has 0 aliphatic carbocycles. The Labute approximate surface area is 193 Å². The van der Waals surface area contributed by atoms with Crippen molar-refractivity contribution in [3.05, 3.63) is 102 Å². The molecular weight excluding hydrogens is 390 g/mol. The smallest absolute Gasteiger partial charge is 0.119 e. The molecule has 3 aromatic rings. The van der Waals surface area contributed by atoms with Crippen LogP contribution in [0.3, 0.4) is 0 Å². The van der Waals surface area contributed by atoms with Gasteiger partial charge in [-0.3, -0.25) is 4.90 Å². The van der Waals surface area contributed by atoms with Gasteiger partial charge < -0.3 is 4.74 Å². The number of nitrogens with zero attached hydrogens (tertiary/aromatic N) is 1.